The molecule has 0 radical (unpaired) electrons. The fraction of sp³-hybridized carbons (Fsp3) is 0.182. The van der Waals surface area contributed by atoms with Crippen LogP contribution in [-0.2, 0) is 14.8 Å². The van der Waals surface area contributed by atoms with Crippen molar-refractivity contribution in [2.45, 2.75) is 4.90 Å². The van der Waals surface area contributed by atoms with Gasteiger partial charge < -0.3 is 5.32 Å². The van der Waals surface area contributed by atoms with Crippen LogP contribution in [0.4, 0.5) is 4.39 Å². The molecule has 2 N–H and O–H groups in total. The van der Waals surface area contributed by atoms with Crippen LogP contribution in [0, 0.1) is 0 Å². The lowest BCUT2D eigenvalue weighted by Crippen LogP contribution is -2.34. The summed E-state index contributed by atoms with van der Waals surface area (Å²) in [6.45, 7) is 2.74. The van der Waals surface area contributed by atoms with Gasteiger partial charge in [-0.15, -0.1) is 0 Å². The van der Waals surface area contributed by atoms with Crippen LogP contribution in [0.1, 0.15) is 0 Å². The number of carbonyl (C=O) groups is 1. The number of benzene rings is 1. The zero-order valence-electron chi connectivity index (χ0n) is 9.82. The molecule has 0 aliphatic carbocycles. The van der Waals surface area contributed by atoms with Crippen molar-refractivity contribution in [1.82, 2.24) is 10.0 Å². The van der Waals surface area contributed by atoms with E-state index in [4.69, 9.17) is 0 Å². The van der Waals surface area contributed by atoms with E-state index in [0.29, 0.717) is 4.47 Å². The molecule has 0 fully saturated rings. The third kappa shape index (κ3) is 5.09. The van der Waals surface area contributed by atoms with Crippen molar-refractivity contribution < 1.29 is 17.6 Å². The Bertz CT molecular complexity index is 589. The maximum Gasteiger partial charge on any atom is 0.279 e. The van der Waals surface area contributed by atoms with E-state index >= 15 is 0 Å². The number of amides is 1. The second-order valence-electron chi connectivity index (χ2n) is 3.52. The number of rotatable bonds is 6. The summed E-state index contributed by atoms with van der Waals surface area (Å²) in [4.78, 5) is 10.9. The standard InChI is InChI=1S/C11H12BrFN2O3S/c1-8(13)11(16)14-5-6-15-19(17,18)10-4-2-3-9(12)7-10/h2-4,7,15H,1,5-6H2,(H,14,16). The first-order valence-corrected chi connectivity index (χ1v) is 7.48. The third-order valence-corrected chi connectivity index (χ3v) is 4.01. The molecule has 1 rings (SSSR count). The quantitative estimate of drug-likeness (QED) is 0.600. The normalized spacial score (nSPS) is 11.1. The van der Waals surface area contributed by atoms with Crippen LogP contribution >= 0.6 is 15.9 Å². The lowest BCUT2D eigenvalue weighted by molar-refractivity contribution is -0.118. The monoisotopic (exact) mass is 350 g/mol. The van der Waals surface area contributed by atoms with Crippen molar-refractivity contribution in [3.8, 4) is 0 Å². The molecular weight excluding hydrogens is 339 g/mol. The predicted molar refractivity (Wildman–Crippen MR) is 72.6 cm³/mol. The van der Waals surface area contributed by atoms with Gasteiger partial charge in [0.15, 0.2) is 5.83 Å². The Hall–Kier alpha value is -1.25. The Balaban J connectivity index is 2.53. The topological polar surface area (TPSA) is 75.3 Å². The summed E-state index contributed by atoms with van der Waals surface area (Å²) in [5.41, 5.74) is 0. The highest BCUT2D eigenvalue weighted by Crippen LogP contribution is 2.15. The van der Waals surface area contributed by atoms with Crippen molar-refractivity contribution in [2.24, 2.45) is 0 Å². The number of hydrogen-bond acceptors (Lipinski definition) is 3. The van der Waals surface area contributed by atoms with Gasteiger partial charge in [-0.3, -0.25) is 4.79 Å². The third-order valence-electron chi connectivity index (χ3n) is 2.06. The molecule has 0 aromatic heterocycles. The Morgan fingerprint density at radius 1 is 1.37 bits per heavy atom. The van der Waals surface area contributed by atoms with Crippen molar-refractivity contribution >= 4 is 31.9 Å². The first kappa shape index (κ1) is 15.8. The highest BCUT2D eigenvalue weighted by molar-refractivity contribution is 9.10. The maximum atomic E-state index is 12.3. The highest BCUT2D eigenvalue weighted by atomic mass is 79.9. The van der Waals surface area contributed by atoms with Gasteiger partial charge in [-0.1, -0.05) is 28.6 Å². The van der Waals surface area contributed by atoms with Gasteiger partial charge >= 0.3 is 0 Å². The zero-order chi connectivity index (χ0) is 14.5. The van der Waals surface area contributed by atoms with E-state index in [0.717, 1.165) is 0 Å². The number of carbonyl (C=O) groups excluding carboxylic acids is 1. The van der Waals surface area contributed by atoms with E-state index in [-0.39, 0.29) is 18.0 Å². The largest absolute Gasteiger partial charge is 0.349 e. The van der Waals surface area contributed by atoms with Gasteiger partial charge in [0, 0.05) is 17.6 Å². The molecule has 1 aromatic carbocycles. The molecule has 19 heavy (non-hydrogen) atoms. The van der Waals surface area contributed by atoms with Crippen molar-refractivity contribution in [1.29, 1.82) is 0 Å². The fourth-order valence-corrected chi connectivity index (χ4v) is 2.80. The summed E-state index contributed by atoms with van der Waals surface area (Å²) >= 11 is 3.17. The second-order valence-corrected chi connectivity index (χ2v) is 6.20. The molecule has 0 unspecified atom stereocenters. The van der Waals surface area contributed by atoms with E-state index in [1.807, 2.05) is 0 Å². The number of sulfonamides is 1. The van der Waals surface area contributed by atoms with Crippen molar-refractivity contribution in [3.63, 3.8) is 0 Å². The number of nitrogens with one attached hydrogen (secondary N) is 2. The minimum atomic E-state index is -3.65. The van der Waals surface area contributed by atoms with Gasteiger partial charge in [0.05, 0.1) is 4.90 Å². The molecular formula is C11H12BrFN2O3S. The van der Waals surface area contributed by atoms with Gasteiger partial charge in [0.2, 0.25) is 10.0 Å². The first-order valence-electron chi connectivity index (χ1n) is 5.21. The van der Waals surface area contributed by atoms with E-state index in [9.17, 15) is 17.6 Å². The van der Waals surface area contributed by atoms with E-state index in [1.165, 1.54) is 12.1 Å². The predicted octanol–water partition coefficient (Wildman–Crippen LogP) is 1.33. The average molecular weight is 351 g/mol. The van der Waals surface area contributed by atoms with Gasteiger partial charge in [-0.05, 0) is 18.2 Å². The molecule has 0 saturated carbocycles. The van der Waals surface area contributed by atoms with Crippen molar-refractivity contribution in [2.75, 3.05) is 13.1 Å². The Morgan fingerprint density at radius 3 is 2.63 bits per heavy atom. The van der Waals surface area contributed by atoms with E-state index in [1.54, 1.807) is 12.1 Å². The Kier molecular flexibility index (Phi) is 5.64. The summed E-state index contributed by atoms with van der Waals surface area (Å²) in [5.74, 6) is -2.07. The van der Waals surface area contributed by atoms with Gasteiger partial charge in [-0.25, -0.2) is 17.5 Å². The molecule has 0 saturated heterocycles. The molecule has 0 aliphatic heterocycles. The summed E-state index contributed by atoms with van der Waals surface area (Å²) in [7, 11) is -3.65. The molecule has 5 nitrogen and oxygen atoms in total. The summed E-state index contributed by atoms with van der Waals surface area (Å²) in [6, 6.07) is 6.18. The summed E-state index contributed by atoms with van der Waals surface area (Å²) in [6.07, 6.45) is 0. The van der Waals surface area contributed by atoms with Crippen LogP contribution in [0.2, 0.25) is 0 Å². The fourth-order valence-electron chi connectivity index (χ4n) is 1.17. The lowest BCUT2D eigenvalue weighted by atomic mass is 10.4. The zero-order valence-corrected chi connectivity index (χ0v) is 12.2. The van der Waals surface area contributed by atoms with Gasteiger partial charge in [0.25, 0.3) is 5.91 Å². The molecule has 8 heteroatoms. The van der Waals surface area contributed by atoms with Crippen LogP contribution in [0.3, 0.4) is 0 Å². The minimum Gasteiger partial charge on any atom is -0.349 e. The summed E-state index contributed by atoms with van der Waals surface area (Å²) < 4.78 is 38.9. The highest BCUT2D eigenvalue weighted by Gasteiger charge is 2.13. The van der Waals surface area contributed by atoms with Crippen LogP contribution in [0.15, 0.2) is 46.0 Å². The second kappa shape index (κ2) is 6.78. The van der Waals surface area contributed by atoms with Crippen LogP contribution in [0.5, 0.6) is 0 Å². The van der Waals surface area contributed by atoms with E-state index < -0.39 is 21.8 Å². The van der Waals surface area contributed by atoms with E-state index in [2.05, 4.69) is 32.5 Å². The number of hydrogen-bond donors (Lipinski definition) is 2. The van der Waals surface area contributed by atoms with Gasteiger partial charge in [-0.2, -0.15) is 0 Å². The average Bonchev–Trinajstić information content (AvgIpc) is 2.34. The van der Waals surface area contributed by atoms with Crippen LogP contribution < -0.4 is 10.0 Å². The molecule has 0 spiro atoms. The van der Waals surface area contributed by atoms with Crippen LogP contribution in [0.25, 0.3) is 0 Å². The summed E-state index contributed by atoms with van der Waals surface area (Å²) in [5, 5.41) is 2.17. The SMILES string of the molecule is C=C(F)C(=O)NCCNS(=O)(=O)c1cccc(Br)c1. The Labute approximate surface area is 119 Å². The molecule has 0 bridgehead atoms. The Morgan fingerprint density at radius 2 is 2.05 bits per heavy atom. The molecule has 0 heterocycles. The smallest absolute Gasteiger partial charge is 0.279 e. The molecule has 0 atom stereocenters. The van der Waals surface area contributed by atoms with Crippen LogP contribution in [-0.4, -0.2) is 27.4 Å². The number of halogens is 2. The molecule has 104 valence electrons. The maximum absolute atomic E-state index is 12.3. The minimum absolute atomic E-state index is 0.0327. The first-order chi connectivity index (χ1) is 8.83. The molecule has 1 aromatic rings. The lowest BCUT2D eigenvalue weighted by Gasteiger charge is -2.07. The van der Waals surface area contributed by atoms with Crippen molar-refractivity contribution in [3.05, 3.63) is 41.1 Å². The molecule has 0 aliphatic rings. The van der Waals surface area contributed by atoms with Gasteiger partial charge in [0.1, 0.15) is 0 Å². The molecule has 1 amide bonds.